The molecule has 0 saturated heterocycles. The molecule has 174 valence electrons. The zero-order valence-corrected chi connectivity index (χ0v) is 18.9. The lowest BCUT2D eigenvalue weighted by Gasteiger charge is -2.10. The summed E-state index contributed by atoms with van der Waals surface area (Å²) in [6.07, 6.45) is 4.49. The van der Waals surface area contributed by atoms with E-state index in [0.29, 0.717) is 35.3 Å². The molecule has 34 heavy (non-hydrogen) atoms. The van der Waals surface area contributed by atoms with Gasteiger partial charge in [-0.2, -0.15) is 0 Å². The molecule has 8 nitrogen and oxygen atoms in total. The summed E-state index contributed by atoms with van der Waals surface area (Å²) >= 11 is 0. The maximum absolute atomic E-state index is 14.7. The summed E-state index contributed by atoms with van der Waals surface area (Å²) in [7, 11) is 0. The van der Waals surface area contributed by atoms with Crippen LogP contribution in [0.15, 0.2) is 46.9 Å². The lowest BCUT2D eigenvalue weighted by atomic mass is 10.1. The number of carbonyl (C=O) groups is 1. The van der Waals surface area contributed by atoms with Crippen LogP contribution in [0.5, 0.6) is 0 Å². The van der Waals surface area contributed by atoms with E-state index in [9.17, 15) is 9.18 Å². The number of amides is 1. The smallest absolute Gasteiger partial charge is 0.247 e. The molecule has 2 aromatic heterocycles. The summed E-state index contributed by atoms with van der Waals surface area (Å²) < 4.78 is 22.3. The zero-order chi connectivity index (χ0) is 23.5. The van der Waals surface area contributed by atoms with Crippen molar-refractivity contribution in [3.8, 4) is 22.8 Å². The molecule has 0 radical (unpaired) electrons. The summed E-state index contributed by atoms with van der Waals surface area (Å²) in [5.41, 5.74) is 2.80. The lowest BCUT2D eigenvalue weighted by molar-refractivity contribution is -0.116. The van der Waals surface area contributed by atoms with Crippen LogP contribution in [0, 0.1) is 12.7 Å². The van der Waals surface area contributed by atoms with E-state index in [1.165, 1.54) is 6.07 Å². The van der Waals surface area contributed by atoms with Crippen molar-refractivity contribution >= 4 is 11.6 Å². The quantitative estimate of drug-likeness (QED) is 0.446. The molecule has 0 unspecified atom stereocenters. The Balaban J connectivity index is 1.24. The molecule has 5 rings (SSSR count). The molecule has 0 saturated carbocycles. The molecule has 9 heteroatoms. The minimum Gasteiger partial charge on any atom is -0.421 e. The molecule has 4 aromatic rings. The number of anilines is 1. The molecule has 1 aliphatic rings. The highest BCUT2D eigenvalue weighted by Crippen LogP contribution is 2.27. The molecule has 0 atom stereocenters. The standard InChI is InChI=1S/C25H25FN6O2/c1-16-6-8-17(9-7-16)25-31-29-23(34-25)13-12-22(33)27-18-10-11-20(26)19(15-18)24-30-28-21-5-3-2-4-14-32(21)24/h6-11,15H,2-5,12-14H2,1H3,(H,27,33). The van der Waals surface area contributed by atoms with Crippen molar-refractivity contribution in [1.29, 1.82) is 0 Å². The molecule has 1 N–H and O–H groups in total. The van der Waals surface area contributed by atoms with Gasteiger partial charge in [0.1, 0.15) is 11.6 Å². The van der Waals surface area contributed by atoms with Crippen LogP contribution in [0.3, 0.4) is 0 Å². The average molecular weight is 461 g/mol. The van der Waals surface area contributed by atoms with Gasteiger partial charge in [0.05, 0.1) is 5.56 Å². The van der Waals surface area contributed by atoms with Gasteiger partial charge in [-0.3, -0.25) is 4.79 Å². The Hall–Kier alpha value is -3.88. The first kappa shape index (κ1) is 21.9. The normalized spacial score (nSPS) is 13.4. The molecule has 0 bridgehead atoms. The number of fused-ring (bicyclic) bond motifs is 1. The van der Waals surface area contributed by atoms with Crippen molar-refractivity contribution in [3.05, 3.63) is 65.6 Å². The molecule has 2 aromatic carbocycles. The predicted octanol–water partition coefficient (Wildman–Crippen LogP) is 4.74. The van der Waals surface area contributed by atoms with Crippen molar-refractivity contribution in [2.45, 2.75) is 52.0 Å². The number of aromatic nitrogens is 5. The highest BCUT2D eigenvalue weighted by molar-refractivity contribution is 5.91. The van der Waals surface area contributed by atoms with Crippen molar-refractivity contribution in [2.24, 2.45) is 0 Å². The number of rotatable bonds is 6. The number of nitrogens with one attached hydrogen (secondary N) is 1. The van der Waals surface area contributed by atoms with Gasteiger partial charge in [-0.15, -0.1) is 20.4 Å². The van der Waals surface area contributed by atoms with Crippen LogP contribution in [0.25, 0.3) is 22.8 Å². The maximum Gasteiger partial charge on any atom is 0.247 e. The van der Waals surface area contributed by atoms with Gasteiger partial charge in [0.2, 0.25) is 17.7 Å². The Morgan fingerprint density at radius 3 is 2.76 bits per heavy atom. The van der Waals surface area contributed by atoms with Crippen LogP contribution in [0.2, 0.25) is 0 Å². The first-order valence-electron chi connectivity index (χ1n) is 11.5. The number of halogens is 1. The topological polar surface area (TPSA) is 98.7 Å². The Bertz CT molecular complexity index is 1310. The van der Waals surface area contributed by atoms with Crippen molar-refractivity contribution in [2.75, 3.05) is 5.32 Å². The van der Waals surface area contributed by atoms with E-state index in [0.717, 1.165) is 49.2 Å². The summed E-state index contributed by atoms with van der Waals surface area (Å²) in [5.74, 6) is 1.56. The average Bonchev–Trinajstić information content (AvgIpc) is 3.40. The van der Waals surface area contributed by atoms with Gasteiger partial charge in [0.15, 0.2) is 5.82 Å². The summed E-state index contributed by atoms with van der Waals surface area (Å²) in [4.78, 5) is 12.5. The van der Waals surface area contributed by atoms with Gasteiger partial charge in [-0.1, -0.05) is 24.1 Å². The molecule has 0 aliphatic carbocycles. The number of hydrogen-bond acceptors (Lipinski definition) is 6. The fraction of sp³-hybridized carbons (Fsp3) is 0.320. The number of aryl methyl sites for hydroxylation is 3. The van der Waals surface area contributed by atoms with Gasteiger partial charge in [-0.25, -0.2) is 4.39 Å². The number of nitrogens with zero attached hydrogens (tertiary/aromatic N) is 5. The highest BCUT2D eigenvalue weighted by Gasteiger charge is 2.19. The predicted molar refractivity (Wildman–Crippen MR) is 124 cm³/mol. The number of carbonyl (C=O) groups excluding carboxylic acids is 1. The first-order valence-corrected chi connectivity index (χ1v) is 11.5. The van der Waals surface area contributed by atoms with Gasteiger partial charge in [0.25, 0.3) is 0 Å². The molecule has 3 heterocycles. The summed E-state index contributed by atoms with van der Waals surface area (Å²) in [6, 6.07) is 12.3. The largest absolute Gasteiger partial charge is 0.421 e. The molecule has 0 spiro atoms. The first-order chi connectivity index (χ1) is 16.6. The van der Waals surface area contributed by atoms with Crippen molar-refractivity contribution < 1.29 is 13.6 Å². The zero-order valence-electron chi connectivity index (χ0n) is 18.9. The van der Waals surface area contributed by atoms with Crippen LogP contribution >= 0.6 is 0 Å². The Labute approximate surface area is 196 Å². The second-order valence-corrected chi connectivity index (χ2v) is 8.51. The van der Waals surface area contributed by atoms with E-state index in [1.54, 1.807) is 12.1 Å². The summed E-state index contributed by atoms with van der Waals surface area (Å²) in [5, 5.41) is 19.4. The fourth-order valence-corrected chi connectivity index (χ4v) is 4.07. The van der Waals surface area contributed by atoms with Crippen LogP contribution in [0.1, 0.15) is 43.0 Å². The van der Waals surface area contributed by atoms with Crippen molar-refractivity contribution in [1.82, 2.24) is 25.0 Å². The molecule has 1 amide bonds. The maximum atomic E-state index is 14.7. The Morgan fingerprint density at radius 2 is 1.91 bits per heavy atom. The van der Waals surface area contributed by atoms with Crippen molar-refractivity contribution in [3.63, 3.8) is 0 Å². The highest BCUT2D eigenvalue weighted by atomic mass is 19.1. The monoisotopic (exact) mass is 460 g/mol. The Morgan fingerprint density at radius 1 is 1.06 bits per heavy atom. The second-order valence-electron chi connectivity index (χ2n) is 8.51. The van der Waals surface area contributed by atoms with E-state index in [4.69, 9.17) is 4.42 Å². The van der Waals surface area contributed by atoms with E-state index in [-0.39, 0.29) is 12.3 Å². The van der Waals surface area contributed by atoms with Crippen LogP contribution in [-0.4, -0.2) is 30.9 Å². The van der Waals surface area contributed by atoms with Crippen LogP contribution < -0.4 is 5.32 Å². The van der Waals surface area contributed by atoms with Gasteiger partial charge < -0.3 is 14.3 Å². The summed E-state index contributed by atoms with van der Waals surface area (Å²) in [6.45, 7) is 2.77. The molecular formula is C25H25FN6O2. The van der Waals surface area contributed by atoms with E-state index in [1.807, 2.05) is 35.8 Å². The SMILES string of the molecule is Cc1ccc(-c2nnc(CCC(=O)Nc3ccc(F)c(-c4nnc5n4CCCCC5)c3)o2)cc1. The minimum atomic E-state index is -0.396. The molecular weight excluding hydrogens is 435 g/mol. The van der Waals surface area contributed by atoms with E-state index >= 15 is 0 Å². The Kier molecular flexibility index (Phi) is 6.16. The minimum absolute atomic E-state index is 0.155. The van der Waals surface area contributed by atoms with E-state index in [2.05, 4.69) is 25.7 Å². The van der Waals surface area contributed by atoms with Gasteiger partial charge in [0, 0.05) is 37.1 Å². The third-order valence-electron chi connectivity index (χ3n) is 5.93. The third kappa shape index (κ3) is 4.73. The number of benzene rings is 2. The fourth-order valence-electron chi connectivity index (χ4n) is 4.07. The third-order valence-corrected chi connectivity index (χ3v) is 5.93. The van der Waals surface area contributed by atoms with Gasteiger partial charge >= 0.3 is 0 Å². The second kappa shape index (κ2) is 9.54. The lowest BCUT2D eigenvalue weighted by Crippen LogP contribution is -2.13. The number of hydrogen-bond donors (Lipinski definition) is 1. The van der Waals surface area contributed by atoms with Gasteiger partial charge in [-0.05, 0) is 50.1 Å². The van der Waals surface area contributed by atoms with Crippen LogP contribution in [-0.2, 0) is 24.2 Å². The van der Waals surface area contributed by atoms with Crippen LogP contribution in [0.4, 0.5) is 10.1 Å². The molecule has 0 fully saturated rings. The molecule has 1 aliphatic heterocycles. The van der Waals surface area contributed by atoms with E-state index < -0.39 is 5.82 Å².